The second-order valence-corrected chi connectivity index (χ2v) is 3.43. The van der Waals surface area contributed by atoms with Crippen molar-refractivity contribution in [3.05, 3.63) is 36.0 Å². The quantitative estimate of drug-likeness (QED) is 0.801. The van der Waals surface area contributed by atoms with Crippen LogP contribution in [0.4, 0.5) is 0 Å². The lowest BCUT2D eigenvalue weighted by molar-refractivity contribution is 0.942. The summed E-state index contributed by atoms with van der Waals surface area (Å²) in [4.78, 5) is 0. The van der Waals surface area contributed by atoms with Crippen LogP contribution < -0.4 is 0 Å². The van der Waals surface area contributed by atoms with E-state index in [1.165, 1.54) is 12.0 Å². The van der Waals surface area contributed by atoms with E-state index in [2.05, 4.69) is 48.3 Å². The van der Waals surface area contributed by atoms with Crippen molar-refractivity contribution in [3.8, 4) is 11.3 Å². The number of nitrogens with zero attached hydrogens (tertiary/aromatic N) is 2. The highest BCUT2D eigenvalue weighted by Crippen LogP contribution is 2.14. The van der Waals surface area contributed by atoms with E-state index in [4.69, 9.17) is 0 Å². The average molecular weight is 233 g/mol. The van der Waals surface area contributed by atoms with E-state index in [9.17, 15) is 0 Å². The van der Waals surface area contributed by atoms with Crippen LogP contribution in [-0.2, 0) is 0 Å². The van der Waals surface area contributed by atoms with Crippen LogP contribution in [0.15, 0.2) is 30.5 Å². The summed E-state index contributed by atoms with van der Waals surface area (Å²) >= 11 is 0. The van der Waals surface area contributed by atoms with Gasteiger partial charge in [-0.1, -0.05) is 63.9 Å². The van der Waals surface area contributed by atoms with Crippen LogP contribution in [0.2, 0.25) is 0 Å². The van der Waals surface area contributed by atoms with Gasteiger partial charge in [0.25, 0.3) is 0 Å². The molecule has 0 aliphatic heterocycles. The summed E-state index contributed by atoms with van der Waals surface area (Å²) in [5.41, 5.74) is 3.23. The number of H-pyrrole nitrogens is 1. The summed E-state index contributed by atoms with van der Waals surface area (Å²) in [6.45, 7) is 10.3. The zero-order valence-corrected chi connectivity index (χ0v) is 11.5. The van der Waals surface area contributed by atoms with E-state index >= 15 is 0 Å². The monoisotopic (exact) mass is 233 g/mol. The van der Waals surface area contributed by atoms with Crippen LogP contribution in [0.5, 0.6) is 0 Å². The third kappa shape index (κ3) is 5.85. The highest BCUT2D eigenvalue weighted by molar-refractivity contribution is 5.57. The van der Waals surface area contributed by atoms with Crippen molar-refractivity contribution in [2.75, 3.05) is 0 Å². The fourth-order valence-electron chi connectivity index (χ4n) is 1.07. The fourth-order valence-corrected chi connectivity index (χ4v) is 1.07. The van der Waals surface area contributed by atoms with Crippen molar-refractivity contribution >= 4 is 0 Å². The van der Waals surface area contributed by atoms with Gasteiger partial charge in [0.05, 0.1) is 6.20 Å². The smallest absolute Gasteiger partial charge is 0.112 e. The zero-order chi connectivity index (χ0) is 13.1. The number of aryl methyl sites for hydroxylation is 1. The van der Waals surface area contributed by atoms with E-state index in [1.807, 2.05) is 26.0 Å². The first-order valence-electron chi connectivity index (χ1n) is 6.20. The second-order valence-electron chi connectivity index (χ2n) is 3.43. The van der Waals surface area contributed by atoms with Gasteiger partial charge < -0.3 is 0 Å². The van der Waals surface area contributed by atoms with Crippen molar-refractivity contribution < 1.29 is 0 Å². The van der Waals surface area contributed by atoms with E-state index in [1.54, 1.807) is 6.20 Å². The van der Waals surface area contributed by atoms with E-state index in [0.29, 0.717) is 0 Å². The molecule has 2 rings (SSSR count). The van der Waals surface area contributed by atoms with Gasteiger partial charge >= 0.3 is 0 Å². The van der Waals surface area contributed by atoms with Gasteiger partial charge in [0.1, 0.15) is 5.69 Å². The van der Waals surface area contributed by atoms with Gasteiger partial charge in [-0.05, 0) is 6.92 Å². The Morgan fingerprint density at radius 3 is 2.00 bits per heavy atom. The van der Waals surface area contributed by atoms with Crippen LogP contribution >= 0.6 is 0 Å². The van der Waals surface area contributed by atoms with Crippen molar-refractivity contribution in [1.82, 2.24) is 15.4 Å². The van der Waals surface area contributed by atoms with Gasteiger partial charge in [-0.25, -0.2) is 0 Å². The second kappa shape index (κ2) is 9.58. The molecule has 1 aromatic heterocycles. The molecule has 0 aliphatic rings. The Bertz CT molecular complexity index is 363. The molecular weight excluding hydrogens is 210 g/mol. The van der Waals surface area contributed by atoms with E-state index in [-0.39, 0.29) is 0 Å². The molecule has 2 aromatic rings. The molecule has 17 heavy (non-hydrogen) atoms. The zero-order valence-electron chi connectivity index (χ0n) is 11.5. The molecule has 0 radical (unpaired) electrons. The highest BCUT2D eigenvalue weighted by Gasteiger charge is 1.97. The molecule has 1 aromatic carbocycles. The third-order valence-electron chi connectivity index (χ3n) is 1.76. The molecule has 0 saturated heterocycles. The molecule has 0 amide bonds. The Labute approximate surface area is 104 Å². The number of hydrogen-bond donors (Lipinski definition) is 1. The predicted octanol–water partition coefficient (Wildman–Crippen LogP) is 4.22. The standard InChI is InChI=1S/C9H9N3.C3H8.C2H6/c1-7-2-4-8(5-3-7)9-6-10-12-11-9;1-3-2;1-2/h2-6H,1H3,(H,10,11,12);3H2,1-2H3;1-2H3. The minimum absolute atomic E-state index is 0.884. The lowest BCUT2D eigenvalue weighted by Gasteiger charge is -1.94. The van der Waals surface area contributed by atoms with Gasteiger partial charge in [0.15, 0.2) is 0 Å². The molecule has 0 unspecified atom stereocenters. The number of aromatic nitrogens is 3. The van der Waals surface area contributed by atoms with Gasteiger partial charge in [-0.15, -0.1) is 0 Å². The number of rotatable bonds is 1. The maximum absolute atomic E-state index is 3.98. The number of aromatic amines is 1. The first-order chi connectivity index (χ1) is 8.27. The minimum atomic E-state index is 0.884. The Morgan fingerprint density at radius 1 is 1.06 bits per heavy atom. The van der Waals surface area contributed by atoms with Crippen molar-refractivity contribution in [3.63, 3.8) is 0 Å². The van der Waals surface area contributed by atoms with Gasteiger partial charge in [0, 0.05) is 5.56 Å². The van der Waals surface area contributed by atoms with Crippen molar-refractivity contribution in [2.45, 2.75) is 41.0 Å². The van der Waals surface area contributed by atoms with Crippen LogP contribution in [-0.4, -0.2) is 15.4 Å². The lowest BCUT2D eigenvalue weighted by atomic mass is 10.1. The van der Waals surface area contributed by atoms with Gasteiger partial charge in [-0.3, -0.25) is 0 Å². The number of benzene rings is 1. The SMILES string of the molecule is CC.CCC.Cc1ccc(-c2cn[nH]n2)cc1. The topological polar surface area (TPSA) is 41.6 Å². The molecule has 0 saturated carbocycles. The molecule has 0 spiro atoms. The van der Waals surface area contributed by atoms with Crippen LogP contribution in [0.3, 0.4) is 0 Å². The highest BCUT2D eigenvalue weighted by atomic mass is 15.3. The van der Waals surface area contributed by atoms with Gasteiger partial charge in [-0.2, -0.15) is 15.4 Å². The van der Waals surface area contributed by atoms with Crippen molar-refractivity contribution in [2.24, 2.45) is 0 Å². The molecular formula is C14H23N3. The normalized spacial score (nSPS) is 8.53. The summed E-state index contributed by atoms with van der Waals surface area (Å²) in [6.07, 6.45) is 2.96. The van der Waals surface area contributed by atoms with Crippen LogP contribution in [0.25, 0.3) is 11.3 Å². The number of hydrogen-bond acceptors (Lipinski definition) is 2. The first-order valence-corrected chi connectivity index (χ1v) is 6.20. The van der Waals surface area contributed by atoms with Crippen LogP contribution in [0, 0.1) is 6.92 Å². The van der Waals surface area contributed by atoms with E-state index < -0.39 is 0 Å². The Hall–Kier alpha value is -1.64. The minimum Gasteiger partial charge on any atom is -0.197 e. The molecule has 0 aliphatic carbocycles. The summed E-state index contributed by atoms with van der Waals surface area (Å²) < 4.78 is 0. The molecule has 3 nitrogen and oxygen atoms in total. The summed E-state index contributed by atoms with van der Waals surface area (Å²) in [5, 5.41) is 10.3. The molecule has 3 heteroatoms. The Morgan fingerprint density at radius 2 is 1.59 bits per heavy atom. The largest absolute Gasteiger partial charge is 0.197 e. The Kier molecular flexibility index (Phi) is 8.65. The maximum atomic E-state index is 3.98. The molecule has 0 atom stereocenters. The summed E-state index contributed by atoms with van der Waals surface area (Å²) in [7, 11) is 0. The number of nitrogens with one attached hydrogen (secondary N) is 1. The summed E-state index contributed by atoms with van der Waals surface area (Å²) in [6, 6.07) is 8.19. The Balaban J connectivity index is 0.000000450. The van der Waals surface area contributed by atoms with E-state index in [0.717, 1.165) is 11.3 Å². The molecule has 94 valence electrons. The summed E-state index contributed by atoms with van der Waals surface area (Å²) in [5.74, 6) is 0. The van der Waals surface area contributed by atoms with Gasteiger partial charge in [0.2, 0.25) is 0 Å². The lowest BCUT2D eigenvalue weighted by Crippen LogP contribution is -1.77. The maximum Gasteiger partial charge on any atom is 0.112 e. The van der Waals surface area contributed by atoms with Crippen molar-refractivity contribution in [1.29, 1.82) is 0 Å². The average Bonchev–Trinajstić information content (AvgIpc) is 2.87. The predicted molar refractivity (Wildman–Crippen MR) is 73.9 cm³/mol. The molecule has 0 bridgehead atoms. The fraction of sp³-hybridized carbons (Fsp3) is 0.429. The first kappa shape index (κ1) is 15.4. The molecule has 1 N–H and O–H groups in total. The van der Waals surface area contributed by atoms with Crippen LogP contribution in [0.1, 0.15) is 39.7 Å². The molecule has 1 heterocycles. The third-order valence-corrected chi connectivity index (χ3v) is 1.76. The molecule has 0 fully saturated rings.